The van der Waals surface area contributed by atoms with E-state index in [2.05, 4.69) is 26.8 Å². The number of hydrogen-bond donors (Lipinski definition) is 4. The number of hydrogen-bond acceptors (Lipinski definition) is 8. The molecule has 4 rings (SSSR count). The van der Waals surface area contributed by atoms with Crippen molar-refractivity contribution in [3.05, 3.63) is 12.2 Å². The van der Waals surface area contributed by atoms with Gasteiger partial charge in [-0.2, -0.15) is 0 Å². The minimum absolute atomic E-state index is 0.190. The Morgan fingerprint density at radius 2 is 2.00 bits per heavy atom. The van der Waals surface area contributed by atoms with Crippen molar-refractivity contribution < 1.29 is 20.1 Å². The quantitative estimate of drug-likeness (QED) is 0.551. The topological polar surface area (TPSA) is 140 Å². The zero-order valence-corrected chi connectivity index (χ0v) is 15.5. The van der Waals surface area contributed by atoms with Crippen LogP contribution >= 0.6 is 0 Å². The number of ether oxygens (including phenoxy) is 1. The number of aromatic nitrogens is 4. The summed E-state index contributed by atoms with van der Waals surface area (Å²) in [5.41, 5.74) is 6.73. The zero-order chi connectivity index (χ0) is 19.7. The molecule has 0 bridgehead atoms. The molecule has 9 nitrogen and oxygen atoms in total. The maximum absolute atomic E-state index is 10.3. The molecule has 1 aliphatic carbocycles. The van der Waals surface area contributed by atoms with Crippen molar-refractivity contribution in [1.29, 1.82) is 0 Å². The van der Waals surface area contributed by atoms with Crippen LogP contribution in [-0.2, 0) is 4.74 Å². The van der Waals surface area contributed by atoms with Crippen molar-refractivity contribution in [3.8, 4) is 11.8 Å². The molecule has 1 aliphatic heterocycles. The molecule has 0 spiro atoms. The number of nitrogens with zero attached hydrogens (tertiary/aromatic N) is 4. The Labute approximate surface area is 162 Å². The van der Waals surface area contributed by atoms with Gasteiger partial charge in [-0.05, 0) is 18.3 Å². The summed E-state index contributed by atoms with van der Waals surface area (Å²) in [6.07, 6.45) is 4.27. The van der Waals surface area contributed by atoms with Crippen molar-refractivity contribution in [2.24, 2.45) is 5.92 Å². The summed E-state index contributed by atoms with van der Waals surface area (Å²) in [5.74, 6) is 7.33. The van der Waals surface area contributed by atoms with Gasteiger partial charge in [0.15, 0.2) is 17.7 Å². The molecule has 0 amide bonds. The van der Waals surface area contributed by atoms with Crippen LogP contribution < -0.4 is 5.73 Å². The van der Waals surface area contributed by atoms with Crippen molar-refractivity contribution in [1.82, 2.24) is 19.5 Å². The van der Waals surface area contributed by atoms with Crippen molar-refractivity contribution in [2.45, 2.75) is 63.1 Å². The summed E-state index contributed by atoms with van der Waals surface area (Å²) in [6.45, 7) is -0.407. The zero-order valence-electron chi connectivity index (χ0n) is 15.5. The normalized spacial score (nSPS) is 28.0. The first-order valence-corrected chi connectivity index (χ1v) is 9.70. The fraction of sp³-hybridized carbons (Fsp3) is 0.632. The average Bonchev–Trinajstić information content (AvgIpc) is 3.40. The van der Waals surface area contributed by atoms with Gasteiger partial charge in [-0.15, -0.1) is 0 Å². The van der Waals surface area contributed by atoms with Gasteiger partial charge in [-0.1, -0.05) is 31.6 Å². The summed E-state index contributed by atoms with van der Waals surface area (Å²) in [4.78, 5) is 12.8. The summed E-state index contributed by atoms with van der Waals surface area (Å²) in [7, 11) is 0. The number of imidazole rings is 1. The molecule has 2 fully saturated rings. The molecular weight excluding hydrogens is 362 g/mol. The molecule has 4 atom stereocenters. The first kappa shape index (κ1) is 19.1. The molecular formula is C19H25N5O4. The van der Waals surface area contributed by atoms with E-state index in [1.54, 1.807) is 0 Å². The fourth-order valence-corrected chi connectivity index (χ4v) is 4.01. The molecule has 1 saturated carbocycles. The Hall–Kier alpha value is -2.25. The van der Waals surface area contributed by atoms with Crippen LogP contribution in [0.4, 0.5) is 5.82 Å². The van der Waals surface area contributed by atoms with Crippen LogP contribution in [0.15, 0.2) is 6.33 Å². The first-order valence-electron chi connectivity index (χ1n) is 9.70. The van der Waals surface area contributed by atoms with Gasteiger partial charge in [0.1, 0.15) is 23.8 Å². The van der Waals surface area contributed by atoms with Gasteiger partial charge >= 0.3 is 0 Å². The highest BCUT2D eigenvalue weighted by Gasteiger charge is 2.44. The van der Waals surface area contributed by atoms with Gasteiger partial charge in [-0.3, -0.25) is 4.57 Å². The standard InChI is InChI=1S/C19H25N5O4/c20-17-14-18(23-13(22-17)8-4-3-7-11-5-1-2-6-11)24(10-21-14)19-16(27)15(26)12(9-25)28-19/h10-12,15-16,19,25-27H,1-3,5-7,9H2,(H2,20,22,23)/t12-,15?,16?,19-/m1/s1. The summed E-state index contributed by atoms with van der Waals surface area (Å²) >= 11 is 0. The number of fused-ring (bicyclic) bond motifs is 1. The van der Waals surface area contributed by atoms with Gasteiger partial charge in [0, 0.05) is 6.42 Å². The lowest BCUT2D eigenvalue weighted by Gasteiger charge is -2.16. The van der Waals surface area contributed by atoms with Crippen LogP contribution in [0.3, 0.4) is 0 Å². The van der Waals surface area contributed by atoms with Gasteiger partial charge in [0.2, 0.25) is 5.82 Å². The van der Waals surface area contributed by atoms with Crippen molar-refractivity contribution in [2.75, 3.05) is 12.3 Å². The predicted octanol–water partition coefficient (Wildman–Crippen LogP) is 0.342. The minimum Gasteiger partial charge on any atom is -0.394 e. The van der Waals surface area contributed by atoms with Crippen LogP contribution in [0, 0.1) is 17.8 Å². The van der Waals surface area contributed by atoms with E-state index in [0.717, 1.165) is 18.8 Å². The van der Waals surface area contributed by atoms with E-state index < -0.39 is 31.1 Å². The number of rotatable bonds is 4. The first-order chi connectivity index (χ1) is 13.6. The molecule has 2 aromatic rings. The lowest BCUT2D eigenvalue weighted by atomic mass is 10.0. The monoisotopic (exact) mass is 387 g/mol. The van der Waals surface area contributed by atoms with Gasteiger partial charge in [-0.25, -0.2) is 15.0 Å². The molecule has 5 N–H and O–H groups in total. The smallest absolute Gasteiger partial charge is 0.208 e. The highest BCUT2D eigenvalue weighted by Crippen LogP contribution is 2.32. The third kappa shape index (κ3) is 3.56. The Morgan fingerprint density at radius 1 is 1.21 bits per heavy atom. The SMILES string of the molecule is Nc1nc(C#CCCC2CCCC2)nc2c1ncn2[C@@H]1O[C@H](CO)C(O)C1O. The number of anilines is 1. The summed E-state index contributed by atoms with van der Waals surface area (Å²) in [5, 5.41) is 29.5. The second-order valence-electron chi connectivity index (χ2n) is 7.48. The average molecular weight is 387 g/mol. The lowest BCUT2D eigenvalue weighted by Crippen LogP contribution is -2.33. The molecule has 9 heteroatoms. The van der Waals surface area contributed by atoms with Crippen molar-refractivity contribution in [3.63, 3.8) is 0 Å². The largest absolute Gasteiger partial charge is 0.394 e. The number of aliphatic hydroxyl groups is 3. The molecule has 3 heterocycles. The summed E-state index contributed by atoms with van der Waals surface area (Å²) < 4.78 is 7.05. The van der Waals surface area contributed by atoms with Crippen LogP contribution in [-0.4, -0.2) is 59.8 Å². The van der Waals surface area contributed by atoms with Gasteiger partial charge in [0.05, 0.1) is 12.9 Å². The number of nitrogen functional groups attached to an aromatic ring is 1. The van der Waals surface area contributed by atoms with E-state index in [0.29, 0.717) is 11.2 Å². The maximum atomic E-state index is 10.3. The molecule has 28 heavy (non-hydrogen) atoms. The number of nitrogens with two attached hydrogens (primary N) is 1. The van der Waals surface area contributed by atoms with E-state index in [1.807, 2.05) is 0 Å². The fourth-order valence-electron chi connectivity index (χ4n) is 4.01. The second kappa shape index (κ2) is 8.01. The summed E-state index contributed by atoms with van der Waals surface area (Å²) in [6, 6.07) is 0. The van der Waals surface area contributed by atoms with Crippen LogP contribution in [0.5, 0.6) is 0 Å². The molecule has 0 radical (unpaired) electrons. The molecule has 150 valence electrons. The molecule has 1 saturated heterocycles. The van der Waals surface area contributed by atoms with Gasteiger partial charge < -0.3 is 25.8 Å². The lowest BCUT2D eigenvalue weighted by molar-refractivity contribution is -0.0511. The highest BCUT2D eigenvalue weighted by atomic mass is 16.6. The van der Waals surface area contributed by atoms with E-state index in [1.165, 1.54) is 36.6 Å². The predicted molar refractivity (Wildman–Crippen MR) is 101 cm³/mol. The molecule has 0 aromatic carbocycles. The Morgan fingerprint density at radius 3 is 2.71 bits per heavy atom. The molecule has 2 aliphatic rings. The van der Waals surface area contributed by atoms with E-state index in [-0.39, 0.29) is 11.6 Å². The third-order valence-electron chi connectivity index (χ3n) is 5.59. The minimum atomic E-state index is -1.23. The van der Waals surface area contributed by atoms with Gasteiger partial charge in [0.25, 0.3) is 0 Å². The third-order valence-corrected chi connectivity index (χ3v) is 5.59. The molecule has 2 aromatic heterocycles. The molecule has 2 unspecified atom stereocenters. The van der Waals surface area contributed by atoms with Crippen LogP contribution in [0.25, 0.3) is 11.2 Å². The van der Waals surface area contributed by atoms with E-state index in [4.69, 9.17) is 10.5 Å². The van der Waals surface area contributed by atoms with E-state index in [9.17, 15) is 15.3 Å². The Kier molecular flexibility index (Phi) is 5.46. The number of aliphatic hydroxyl groups excluding tert-OH is 3. The maximum Gasteiger partial charge on any atom is 0.208 e. The Bertz CT molecular complexity index is 899. The van der Waals surface area contributed by atoms with Crippen LogP contribution in [0.1, 0.15) is 50.6 Å². The van der Waals surface area contributed by atoms with Crippen LogP contribution in [0.2, 0.25) is 0 Å². The van der Waals surface area contributed by atoms with E-state index >= 15 is 0 Å². The highest BCUT2D eigenvalue weighted by molar-refractivity contribution is 5.82. The van der Waals surface area contributed by atoms with Crippen molar-refractivity contribution >= 4 is 17.0 Å². The second-order valence-corrected chi connectivity index (χ2v) is 7.48. The Balaban J connectivity index is 1.57.